The summed E-state index contributed by atoms with van der Waals surface area (Å²) in [4.78, 5) is 6.79. The van der Waals surface area contributed by atoms with E-state index in [9.17, 15) is 0 Å². The van der Waals surface area contributed by atoms with E-state index in [2.05, 4.69) is 52.1 Å². The molecule has 2 rings (SSSR count). The Labute approximate surface area is 179 Å². The second-order valence-electron chi connectivity index (χ2n) is 6.07. The van der Waals surface area contributed by atoms with Crippen LogP contribution in [0, 0.1) is 0 Å². The normalized spacial score (nSPS) is 11.0. The van der Waals surface area contributed by atoms with E-state index in [0.717, 1.165) is 30.4 Å². The fourth-order valence-electron chi connectivity index (χ4n) is 2.67. The Morgan fingerprint density at radius 3 is 2.67 bits per heavy atom. The molecule has 1 N–H and O–H groups in total. The molecule has 0 bridgehead atoms. The van der Waals surface area contributed by atoms with Crippen LogP contribution in [0.3, 0.4) is 0 Å². The molecule has 7 heteroatoms. The third kappa shape index (κ3) is 7.42. The molecule has 6 nitrogen and oxygen atoms in total. The predicted molar refractivity (Wildman–Crippen MR) is 121 cm³/mol. The quantitative estimate of drug-likeness (QED) is 0.256. The van der Waals surface area contributed by atoms with Crippen LogP contribution in [0.5, 0.6) is 5.75 Å². The molecule has 1 heterocycles. The van der Waals surface area contributed by atoms with Crippen LogP contribution in [0.25, 0.3) is 0 Å². The van der Waals surface area contributed by atoms with Crippen LogP contribution in [-0.2, 0) is 24.9 Å². The van der Waals surface area contributed by atoms with Crippen molar-refractivity contribution >= 4 is 29.9 Å². The number of hydrogen-bond donors (Lipinski definition) is 1. The minimum Gasteiger partial charge on any atom is -0.496 e. The molecule has 0 saturated heterocycles. The van der Waals surface area contributed by atoms with Gasteiger partial charge in [0.2, 0.25) is 0 Å². The van der Waals surface area contributed by atoms with E-state index in [-0.39, 0.29) is 24.0 Å². The lowest BCUT2D eigenvalue weighted by Gasteiger charge is -2.22. The Hall–Kier alpha value is -1.74. The lowest BCUT2D eigenvalue weighted by molar-refractivity contribution is 0.126. The van der Waals surface area contributed by atoms with Crippen LogP contribution in [-0.4, -0.2) is 49.3 Å². The molecule has 0 radical (unpaired) electrons. The summed E-state index contributed by atoms with van der Waals surface area (Å²) in [5.74, 6) is 1.74. The maximum atomic E-state index is 5.76. The van der Waals surface area contributed by atoms with Gasteiger partial charge in [0.15, 0.2) is 5.96 Å². The van der Waals surface area contributed by atoms with E-state index in [4.69, 9.17) is 9.47 Å². The maximum Gasteiger partial charge on any atom is 0.194 e. The fraction of sp³-hybridized carbons (Fsp3) is 0.450. The third-order valence-electron chi connectivity index (χ3n) is 4.09. The van der Waals surface area contributed by atoms with Gasteiger partial charge in [-0.3, -0.25) is 4.99 Å². The molecule has 27 heavy (non-hydrogen) atoms. The van der Waals surface area contributed by atoms with E-state index in [1.165, 1.54) is 5.69 Å². The van der Waals surface area contributed by atoms with Crippen LogP contribution in [0.15, 0.2) is 47.6 Å². The molecule has 2 aromatic rings. The van der Waals surface area contributed by atoms with Crippen LogP contribution in [0.1, 0.15) is 18.2 Å². The predicted octanol–water partition coefficient (Wildman–Crippen LogP) is 3.27. The summed E-state index contributed by atoms with van der Waals surface area (Å²) in [5, 5.41) is 3.33. The summed E-state index contributed by atoms with van der Waals surface area (Å²) in [6.07, 6.45) is 2.05. The van der Waals surface area contributed by atoms with Gasteiger partial charge in [-0.1, -0.05) is 18.2 Å². The first-order valence-electron chi connectivity index (χ1n) is 8.95. The molecule has 0 aliphatic carbocycles. The van der Waals surface area contributed by atoms with Gasteiger partial charge in [0.25, 0.3) is 0 Å². The molecule has 0 aliphatic heterocycles. The first-order valence-corrected chi connectivity index (χ1v) is 8.95. The van der Waals surface area contributed by atoms with Crippen molar-refractivity contribution in [2.45, 2.75) is 20.1 Å². The zero-order valence-electron chi connectivity index (χ0n) is 16.6. The smallest absolute Gasteiger partial charge is 0.194 e. The number of methoxy groups -OCH3 is 1. The number of aryl methyl sites for hydroxylation is 1. The number of rotatable bonds is 9. The highest BCUT2D eigenvalue weighted by molar-refractivity contribution is 14.0. The number of aliphatic imine (C=N–C) groups is 1. The van der Waals surface area contributed by atoms with Crippen molar-refractivity contribution < 1.29 is 9.47 Å². The monoisotopic (exact) mass is 486 g/mol. The van der Waals surface area contributed by atoms with Crippen molar-refractivity contribution in [3.05, 3.63) is 53.9 Å². The topological polar surface area (TPSA) is 51.0 Å². The molecule has 1 aromatic carbocycles. The van der Waals surface area contributed by atoms with Crippen molar-refractivity contribution in [1.82, 2.24) is 14.8 Å². The summed E-state index contributed by atoms with van der Waals surface area (Å²) >= 11 is 0. The Morgan fingerprint density at radius 2 is 2.00 bits per heavy atom. The minimum atomic E-state index is 0. The van der Waals surface area contributed by atoms with E-state index >= 15 is 0 Å². The average molecular weight is 486 g/mol. The SMILES string of the molecule is CCNC(=NCCOCc1ccccc1OC)N(C)Cc1cccn1C.I. The zero-order chi connectivity index (χ0) is 18.8. The number of nitrogens with zero attached hydrogens (tertiary/aromatic N) is 3. The van der Waals surface area contributed by atoms with Crippen LogP contribution in [0.2, 0.25) is 0 Å². The maximum absolute atomic E-state index is 5.76. The van der Waals surface area contributed by atoms with Crippen LogP contribution in [0.4, 0.5) is 0 Å². The molecule has 0 amide bonds. The number of aromatic nitrogens is 1. The molecule has 0 atom stereocenters. The highest BCUT2D eigenvalue weighted by atomic mass is 127. The molecular weight excluding hydrogens is 455 g/mol. The zero-order valence-corrected chi connectivity index (χ0v) is 19.0. The summed E-state index contributed by atoms with van der Waals surface area (Å²) in [5.41, 5.74) is 2.29. The molecule has 0 aliphatic rings. The fourth-order valence-corrected chi connectivity index (χ4v) is 2.67. The van der Waals surface area contributed by atoms with Gasteiger partial charge in [0, 0.05) is 38.1 Å². The molecule has 0 fully saturated rings. The Bertz CT molecular complexity index is 703. The molecule has 150 valence electrons. The molecule has 1 aromatic heterocycles. The first kappa shape index (κ1) is 23.3. The minimum absolute atomic E-state index is 0. The van der Waals surface area contributed by atoms with Gasteiger partial charge in [0.05, 0.1) is 33.4 Å². The van der Waals surface area contributed by atoms with Gasteiger partial charge >= 0.3 is 0 Å². The summed E-state index contributed by atoms with van der Waals surface area (Å²) in [7, 11) is 5.78. The summed E-state index contributed by atoms with van der Waals surface area (Å²) in [6.45, 7) is 5.40. The van der Waals surface area contributed by atoms with E-state index < -0.39 is 0 Å². The van der Waals surface area contributed by atoms with Crippen molar-refractivity contribution in [3.8, 4) is 5.75 Å². The van der Waals surface area contributed by atoms with E-state index in [0.29, 0.717) is 19.8 Å². The van der Waals surface area contributed by atoms with Crippen molar-refractivity contribution in [2.24, 2.45) is 12.0 Å². The van der Waals surface area contributed by atoms with E-state index in [1.807, 2.05) is 31.3 Å². The summed E-state index contributed by atoms with van der Waals surface area (Å²) < 4.78 is 13.2. The second kappa shape index (κ2) is 12.6. The standard InChI is InChI=1S/C20H30N4O2.HI/c1-5-21-20(24(3)15-18-10-8-13-23(18)2)22-12-14-26-16-17-9-6-7-11-19(17)25-4;/h6-11,13H,5,12,14-16H2,1-4H3,(H,21,22);1H. The number of halogens is 1. The van der Waals surface area contributed by atoms with Crippen LogP contribution < -0.4 is 10.1 Å². The van der Waals surface area contributed by atoms with Crippen molar-refractivity contribution in [1.29, 1.82) is 0 Å². The highest BCUT2D eigenvalue weighted by Crippen LogP contribution is 2.17. The van der Waals surface area contributed by atoms with Crippen molar-refractivity contribution in [2.75, 3.05) is 33.9 Å². The molecule has 0 saturated carbocycles. The number of ether oxygens (including phenoxy) is 2. The van der Waals surface area contributed by atoms with Crippen LogP contribution >= 0.6 is 24.0 Å². The number of guanidine groups is 1. The average Bonchev–Trinajstić information content (AvgIpc) is 3.05. The van der Waals surface area contributed by atoms with Crippen molar-refractivity contribution in [3.63, 3.8) is 0 Å². The number of hydrogen-bond acceptors (Lipinski definition) is 3. The Balaban J connectivity index is 0.00000364. The summed E-state index contributed by atoms with van der Waals surface area (Å²) in [6, 6.07) is 12.1. The first-order chi connectivity index (χ1) is 12.7. The van der Waals surface area contributed by atoms with Gasteiger partial charge in [-0.05, 0) is 25.1 Å². The Morgan fingerprint density at radius 1 is 1.22 bits per heavy atom. The number of para-hydroxylation sites is 1. The van der Waals surface area contributed by atoms with E-state index in [1.54, 1.807) is 7.11 Å². The number of benzene rings is 1. The van der Waals surface area contributed by atoms with Gasteiger partial charge in [-0.15, -0.1) is 24.0 Å². The molecule has 0 spiro atoms. The van der Waals surface area contributed by atoms with Gasteiger partial charge in [0.1, 0.15) is 5.75 Å². The highest BCUT2D eigenvalue weighted by Gasteiger charge is 2.08. The molecular formula is C20H31IN4O2. The van der Waals surface area contributed by atoms with Gasteiger partial charge in [-0.2, -0.15) is 0 Å². The lowest BCUT2D eigenvalue weighted by atomic mass is 10.2. The third-order valence-corrected chi connectivity index (χ3v) is 4.09. The molecule has 0 unspecified atom stereocenters. The van der Waals surface area contributed by atoms with Gasteiger partial charge in [-0.25, -0.2) is 0 Å². The van der Waals surface area contributed by atoms with Gasteiger partial charge < -0.3 is 24.3 Å². The lowest BCUT2D eigenvalue weighted by Crippen LogP contribution is -2.39. The second-order valence-corrected chi connectivity index (χ2v) is 6.07. The largest absolute Gasteiger partial charge is 0.496 e. The number of nitrogens with one attached hydrogen (secondary N) is 1. The Kier molecular flexibility index (Phi) is 10.9.